The molecule has 0 radical (unpaired) electrons. The summed E-state index contributed by atoms with van der Waals surface area (Å²) in [7, 11) is 0. The lowest BCUT2D eigenvalue weighted by Crippen LogP contribution is -2.55. The first kappa shape index (κ1) is 22.6. The van der Waals surface area contributed by atoms with Crippen molar-refractivity contribution in [1.29, 1.82) is 0 Å². The van der Waals surface area contributed by atoms with Gasteiger partial charge in [-0.1, -0.05) is 61.3 Å². The topological polar surface area (TPSA) is 66.8 Å². The van der Waals surface area contributed by atoms with Crippen LogP contribution in [0.1, 0.15) is 56.4 Å². The van der Waals surface area contributed by atoms with Crippen molar-refractivity contribution in [1.82, 2.24) is 4.90 Å². The van der Waals surface area contributed by atoms with Crippen molar-refractivity contribution >= 4 is 35.1 Å². The van der Waals surface area contributed by atoms with Gasteiger partial charge in [0.25, 0.3) is 5.91 Å². The van der Waals surface area contributed by atoms with Gasteiger partial charge < -0.3 is 14.7 Å². The Morgan fingerprint density at radius 3 is 2.30 bits per heavy atom. The largest absolute Gasteiger partial charge is 0.481 e. The van der Waals surface area contributed by atoms with Gasteiger partial charge in [0.15, 0.2) is 0 Å². The summed E-state index contributed by atoms with van der Waals surface area (Å²) in [5.74, 6) is -1.38. The molecule has 0 saturated carbocycles. The highest BCUT2D eigenvalue weighted by atomic mass is 35.5. The standard InChI is InChI=1S/C23H25Cl2NO4/c1-3-18(4-2)26-21(14-8-10-16(24)11-9-14)22(15-6-5-7-17(25)12-15)30-19(23(26)29)13-20(27)28/h5-12,18-19,21-22H,3-4,13H2,1-2H3,(H,27,28)/t19-,21+,22+/m0/s1. The molecule has 0 bridgehead atoms. The van der Waals surface area contributed by atoms with Gasteiger partial charge >= 0.3 is 5.97 Å². The molecule has 0 aliphatic carbocycles. The van der Waals surface area contributed by atoms with Crippen molar-refractivity contribution in [2.24, 2.45) is 0 Å². The molecule has 2 aromatic rings. The lowest BCUT2D eigenvalue weighted by Gasteiger charge is -2.48. The maximum absolute atomic E-state index is 13.4. The zero-order chi connectivity index (χ0) is 21.8. The van der Waals surface area contributed by atoms with Gasteiger partial charge in [-0.2, -0.15) is 0 Å². The molecule has 0 aromatic heterocycles. The summed E-state index contributed by atoms with van der Waals surface area (Å²) in [5.41, 5.74) is 1.67. The second-order valence-electron chi connectivity index (χ2n) is 7.41. The fraction of sp³-hybridized carbons (Fsp3) is 0.391. The number of amides is 1. The number of morpholine rings is 1. The molecule has 1 heterocycles. The van der Waals surface area contributed by atoms with Crippen LogP contribution in [0.25, 0.3) is 0 Å². The van der Waals surface area contributed by atoms with E-state index in [9.17, 15) is 14.7 Å². The Morgan fingerprint density at radius 2 is 1.73 bits per heavy atom. The average Bonchev–Trinajstić information content (AvgIpc) is 2.71. The van der Waals surface area contributed by atoms with E-state index in [0.29, 0.717) is 10.0 Å². The summed E-state index contributed by atoms with van der Waals surface area (Å²) >= 11 is 12.3. The Bertz CT molecular complexity index is 898. The Kier molecular flexibility index (Phi) is 7.40. The summed E-state index contributed by atoms with van der Waals surface area (Å²) in [6, 6.07) is 14.1. The minimum Gasteiger partial charge on any atom is -0.481 e. The zero-order valence-electron chi connectivity index (χ0n) is 16.9. The van der Waals surface area contributed by atoms with Gasteiger partial charge in [0.05, 0.1) is 12.5 Å². The van der Waals surface area contributed by atoms with Crippen molar-refractivity contribution in [2.45, 2.75) is 57.4 Å². The number of hydrogen-bond donors (Lipinski definition) is 1. The first-order valence-corrected chi connectivity index (χ1v) is 10.8. The Hall–Kier alpha value is -2.08. The molecule has 1 saturated heterocycles. The molecule has 2 aromatic carbocycles. The number of rotatable bonds is 7. The molecule has 3 rings (SSSR count). The maximum atomic E-state index is 13.4. The minimum atomic E-state index is -1.08. The van der Waals surface area contributed by atoms with Crippen molar-refractivity contribution in [2.75, 3.05) is 0 Å². The number of carbonyl (C=O) groups excluding carboxylic acids is 1. The number of aliphatic carboxylic acids is 1. The second kappa shape index (κ2) is 9.82. The fourth-order valence-electron chi connectivity index (χ4n) is 4.08. The van der Waals surface area contributed by atoms with Crippen LogP contribution in [0.5, 0.6) is 0 Å². The van der Waals surface area contributed by atoms with E-state index in [1.165, 1.54) is 0 Å². The highest BCUT2D eigenvalue weighted by Crippen LogP contribution is 2.44. The third-order valence-electron chi connectivity index (χ3n) is 5.51. The van der Waals surface area contributed by atoms with Crippen LogP contribution in [-0.2, 0) is 14.3 Å². The summed E-state index contributed by atoms with van der Waals surface area (Å²) in [5, 5.41) is 10.5. The molecule has 0 spiro atoms. The molecule has 1 amide bonds. The monoisotopic (exact) mass is 449 g/mol. The third-order valence-corrected chi connectivity index (χ3v) is 6.00. The van der Waals surface area contributed by atoms with E-state index in [1.807, 2.05) is 43.0 Å². The van der Waals surface area contributed by atoms with Crippen LogP contribution in [-0.4, -0.2) is 34.0 Å². The Labute approximate surface area is 186 Å². The highest BCUT2D eigenvalue weighted by Gasteiger charge is 2.46. The van der Waals surface area contributed by atoms with Crippen molar-refractivity contribution in [3.05, 3.63) is 69.7 Å². The predicted octanol–water partition coefficient (Wildman–Crippen LogP) is 5.67. The number of nitrogens with zero attached hydrogens (tertiary/aromatic N) is 1. The first-order valence-electron chi connectivity index (χ1n) is 10.1. The predicted molar refractivity (Wildman–Crippen MR) is 117 cm³/mol. The fourth-order valence-corrected chi connectivity index (χ4v) is 4.41. The number of hydrogen-bond acceptors (Lipinski definition) is 3. The van der Waals surface area contributed by atoms with Gasteiger partial charge in [-0.05, 0) is 48.2 Å². The molecular formula is C23H25Cl2NO4. The molecule has 5 nitrogen and oxygen atoms in total. The molecule has 1 aliphatic rings. The van der Waals surface area contributed by atoms with Gasteiger partial charge in [0.1, 0.15) is 12.2 Å². The van der Waals surface area contributed by atoms with Gasteiger partial charge in [0.2, 0.25) is 0 Å². The zero-order valence-corrected chi connectivity index (χ0v) is 18.4. The average molecular weight is 450 g/mol. The summed E-state index contributed by atoms with van der Waals surface area (Å²) in [4.78, 5) is 26.6. The maximum Gasteiger partial charge on any atom is 0.306 e. The van der Waals surface area contributed by atoms with Crippen LogP contribution in [0, 0.1) is 0 Å². The summed E-state index contributed by atoms with van der Waals surface area (Å²) in [6.45, 7) is 4.05. The number of carboxylic acids is 1. The Balaban J connectivity index is 2.16. The van der Waals surface area contributed by atoms with Crippen LogP contribution in [0.15, 0.2) is 48.5 Å². The number of carbonyl (C=O) groups is 2. The van der Waals surface area contributed by atoms with E-state index in [2.05, 4.69) is 0 Å². The van der Waals surface area contributed by atoms with E-state index in [4.69, 9.17) is 27.9 Å². The van der Waals surface area contributed by atoms with E-state index in [-0.39, 0.29) is 18.4 Å². The van der Waals surface area contributed by atoms with Crippen LogP contribution >= 0.6 is 23.2 Å². The highest BCUT2D eigenvalue weighted by molar-refractivity contribution is 6.30. The molecule has 0 unspecified atom stereocenters. The lowest BCUT2D eigenvalue weighted by molar-refractivity contribution is -0.183. The van der Waals surface area contributed by atoms with Crippen molar-refractivity contribution < 1.29 is 19.4 Å². The SMILES string of the molecule is CCC(CC)N1C(=O)[C@H](CC(=O)O)O[C@H](c2cccc(Cl)c2)[C@H]1c1ccc(Cl)cc1. The van der Waals surface area contributed by atoms with Crippen LogP contribution in [0.2, 0.25) is 10.0 Å². The molecule has 1 aliphatic heterocycles. The van der Waals surface area contributed by atoms with Crippen molar-refractivity contribution in [3.63, 3.8) is 0 Å². The Morgan fingerprint density at radius 1 is 1.07 bits per heavy atom. The molecule has 160 valence electrons. The minimum absolute atomic E-state index is 0.0555. The normalized spacial score (nSPS) is 21.8. The van der Waals surface area contributed by atoms with Crippen LogP contribution in [0.3, 0.4) is 0 Å². The quantitative estimate of drug-likeness (QED) is 0.591. The van der Waals surface area contributed by atoms with E-state index in [1.54, 1.807) is 24.3 Å². The number of carboxylic acid groups (broad SMARTS) is 1. The van der Waals surface area contributed by atoms with E-state index >= 15 is 0 Å². The third kappa shape index (κ3) is 4.80. The molecule has 1 fully saturated rings. The molecule has 30 heavy (non-hydrogen) atoms. The number of benzene rings is 2. The summed E-state index contributed by atoms with van der Waals surface area (Å²) in [6.07, 6.45) is -0.522. The molecule has 7 heteroatoms. The number of ether oxygens (including phenoxy) is 1. The van der Waals surface area contributed by atoms with E-state index in [0.717, 1.165) is 24.0 Å². The lowest BCUT2D eigenvalue weighted by atomic mass is 9.89. The van der Waals surface area contributed by atoms with Crippen molar-refractivity contribution in [3.8, 4) is 0 Å². The first-order chi connectivity index (χ1) is 14.3. The smallest absolute Gasteiger partial charge is 0.306 e. The summed E-state index contributed by atoms with van der Waals surface area (Å²) < 4.78 is 6.15. The van der Waals surface area contributed by atoms with Crippen LogP contribution in [0.4, 0.5) is 0 Å². The van der Waals surface area contributed by atoms with Gasteiger partial charge in [-0.25, -0.2) is 0 Å². The molecule has 1 N–H and O–H groups in total. The molecule has 3 atom stereocenters. The van der Waals surface area contributed by atoms with Crippen LogP contribution < -0.4 is 0 Å². The second-order valence-corrected chi connectivity index (χ2v) is 8.28. The van der Waals surface area contributed by atoms with E-state index < -0.39 is 24.2 Å². The number of halogens is 2. The van der Waals surface area contributed by atoms with Gasteiger partial charge in [-0.15, -0.1) is 0 Å². The van der Waals surface area contributed by atoms with Gasteiger partial charge in [-0.3, -0.25) is 9.59 Å². The molecular weight excluding hydrogens is 425 g/mol. The van der Waals surface area contributed by atoms with Gasteiger partial charge in [0, 0.05) is 16.1 Å².